The molecule has 1 heterocycles. The van der Waals surface area contributed by atoms with Gasteiger partial charge in [-0.3, -0.25) is 4.79 Å². The molecule has 0 aromatic heterocycles. The highest BCUT2D eigenvalue weighted by Crippen LogP contribution is 2.23. The summed E-state index contributed by atoms with van der Waals surface area (Å²) in [5.74, 6) is 1.45. The Labute approximate surface area is 143 Å². The second-order valence-electron chi connectivity index (χ2n) is 5.98. The number of ether oxygens (including phenoxy) is 3. The van der Waals surface area contributed by atoms with Crippen molar-refractivity contribution in [1.82, 2.24) is 0 Å². The number of aldehydes is 1. The molecule has 4 nitrogen and oxygen atoms in total. The van der Waals surface area contributed by atoms with Gasteiger partial charge >= 0.3 is 0 Å². The summed E-state index contributed by atoms with van der Waals surface area (Å²) in [4.78, 5) is 10.7. The van der Waals surface area contributed by atoms with Crippen LogP contribution in [0.5, 0.6) is 11.5 Å². The van der Waals surface area contributed by atoms with E-state index in [9.17, 15) is 4.79 Å². The summed E-state index contributed by atoms with van der Waals surface area (Å²) in [6, 6.07) is 13.0. The summed E-state index contributed by atoms with van der Waals surface area (Å²) in [6.45, 7) is 1.29. The molecule has 0 saturated carbocycles. The molecule has 1 unspecified atom stereocenters. The van der Waals surface area contributed by atoms with Crippen molar-refractivity contribution in [2.45, 2.75) is 32.2 Å². The summed E-state index contributed by atoms with van der Waals surface area (Å²) in [5.41, 5.74) is 2.88. The fourth-order valence-corrected chi connectivity index (χ4v) is 2.64. The third kappa shape index (κ3) is 4.46. The molecule has 24 heavy (non-hydrogen) atoms. The summed E-state index contributed by atoms with van der Waals surface area (Å²) in [7, 11) is 2.06. The van der Waals surface area contributed by atoms with Gasteiger partial charge in [-0.15, -0.1) is 0 Å². The average molecular weight is 324 g/mol. The molecule has 1 aliphatic rings. The molecule has 0 N–H and O–H groups in total. The van der Waals surface area contributed by atoms with Crippen molar-refractivity contribution in [2.24, 2.45) is 0 Å². The van der Waals surface area contributed by atoms with Crippen LogP contribution in [0.15, 0.2) is 42.5 Å². The van der Waals surface area contributed by atoms with Gasteiger partial charge in [0.1, 0.15) is 25.6 Å². The van der Waals surface area contributed by atoms with Gasteiger partial charge in [-0.2, -0.15) is 0 Å². The zero-order valence-corrected chi connectivity index (χ0v) is 13.9. The van der Waals surface area contributed by atoms with E-state index in [0.717, 1.165) is 48.9 Å². The zero-order chi connectivity index (χ0) is 16.8. The largest absolute Gasteiger partial charge is 0.457 e. The van der Waals surface area contributed by atoms with Gasteiger partial charge in [0, 0.05) is 12.2 Å². The minimum Gasteiger partial charge on any atom is -0.457 e. The van der Waals surface area contributed by atoms with E-state index in [0.29, 0.717) is 17.9 Å². The Morgan fingerprint density at radius 2 is 1.92 bits per heavy atom. The van der Waals surface area contributed by atoms with Crippen molar-refractivity contribution in [3.05, 3.63) is 53.6 Å². The Bertz CT molecular complexity index is 678. The first-order chi connectivity index (χ1) is 11.7. The van der Waals surface area contributed by atoms with E-state index >= 15 is 0 Å². The molecule has 5 heteroatoms. The molecule has 0 radical (unpaired) electrons. The van der Waals surface area contributed by atoms with Gasteiger partial charge in [-0.25, -0.2) is 0 Å². The Morgan fingerprint density at radius 1 is 1.12 bits per heavy atom. The molecule has 0 bridgehead atoms. The second-order valence-corrected chi connectivity index (χ2v) is 5.98. The normalized spacial score (nSPS) is 17.4. The van der Waals surface area contributed by atoms with E-state index in [1.54, 1.807) is 24.3 Å². The summed E-state index contributed by atoms with van der Waals surface area (Å²) in [5, 5.41) is 0. The first kappa shape index (κ1) is 16.7. The van der Waals surface area contributed by atoms with E-state index in [2.05, 4.69) is 7.85 Å². The van der Waals surface area contributed by atoms with Crippen LogP contribution >= 0.6 is 0 Å². The van der Waals surface area contributed by atoms with Gasteiger partial charge in [0.15, 0.2) is 6.29 Å². The van der Waals surface area contributed by atoms with E-state index in [4.69, 9.17) is 14.2 Å². The van der Waals surface area contributed by atoms with Crippen LogP contribution in [0, 0.1) is 0 Å². The number of hydrogen-bond acceptors (Lipinski definition) is 4. The lowest BCUT2D eigenvalue weighted by Gasteiger charge is -2.23. The molecule has 1 saturated heterocycles. The zero-order valence-electron chi connectivity index (χ0n) is 13.9. The lowest BCUT2D eigenvalue weighted by molar-refractivity contribution is -0.168. The van der Waals surface area contributed by atoms with Crippen LogP contribution < -0.4 is 10.2 Å². The fourth-order valence-electron chi connectivity index (χ4n) is 2.64. The van der Waals surface area contributed by atoms with Gasteiger partial charge in [-0.1, -0.05) is 11.5 Å². The molecule has 1 fully saturated rings. The molecule has 2 aromatic carbocycles. The minimum absolute atomic E-state index is 0.0985. The van der Waals surface area contributed by atoms with Gasteiger partial charge in [0.25, 0.3) is 0 Å². The van der Waals surface area contributed by atoms with Crippen LogP contribution in [0.1, 0.15) is 35.2 Å². The molecule has 1 aliphatic heterocycles. The maximum absolute atomic E-state index is 10.7. The molecule has 2 aromatic rings. The van der Waals surface area contributed by atoms with Crippen molar-refractivity contribution < 1.29 is 19.0 Å². The molecule has 3 rings (SSSR count). The third-order valence-electron chi connectivity index (χ3n) is 4.14. The SMILES string of the molecule is Bc1ccc(Oc2ccc(C=O)cc2)cc1COC1CCCCO1. The van der Waals surface area contributed by atoms with E-state index in [1.165, 1.54) is 0 Å². The van der Waals surface area contributed by atoms with Crippen LogP contribution in [0.25, 0.3) is 0 Å². The Hall–Kier alpha value is -2.11. The first-order valence-electron chi connectivity index (χ1n) is 8.30. The van der Waals surface area contributed by atoms with Crippen LogP contribution in [-0.2, 0) is 16.1 Å². The van der Waals surface area contributed by atoms with Crippen LogP contribution in [-0.4, -0.2) is 27.0 Å². The Balaban J connectivity index is 1.64. The average Bonchev–Trinajstić information content (AvgIpc) is 2.63. The maximum atomic E-state index is 10.7. The van der Waals surface area contributed by atoms with Gasteiger partial charge in [0.2, 0.25) is 0 Å². The van der Waals surface area contributed by atoms with Gasteiger partial charge in [0.05, 0.1) is 6.61 Å². The Kier molecular flexibility index (Phi) is 5.67. The molecule has 0 amide bonds. The van der Waals surface area contributed by atoms with E-state index < -0.39 is 0 Å². The quantitative estimate of drug-likeness (QED) is 0.605. The number of carbonyl (C=O) groups excluding carboxylic acids is 1. The highest BCUT2D eigenvalue weighted by Gasteiger charge is 2.14. The van der Waals surface area contributed by atoms with Crippen molar-refractivity contribution in [1.29, 1.82) is 0 Å². The van der Waals surface area contributed by atoms with E-state index in [-0.39, 0.29) is 6.29 Å². The molecular weight excluding hydrogens is 303 g/mol. The van der Waals surface area contributed by atoms with Gasteiger partial charge < -0.3 is 14.2 Å². The summed E-state index contributed by atoms with van der Waals surface area (Å²) < 4.78 is 17.3. The third-order valence-corrected chi connectivity index (χ3v) is 4.14. The fraction of sp³-hybridized carbons (Fsp3) is 0.316. The van der Waals surface area contributed by atoms with Gasteiger partial charge in [-0.05, 0) is 61.2 Å². The summed E-state index contributed by atoms with van der Waals surface area (Å²) >= 11 is 0. The van der Waals surface area contributed by atoms with Crippen LogP contribution in [0.4, 0.5) is 0 Å². The number of carbonyl (C=O) groups is 1. The minimum atomic E-state index is -0.0985. The van der Waals surface area contributed by atoms with Crippen LogP contribution in [0.3, 0.4) is 0 Å². The molecule has 1 atom stereocenters. The first-order valence-corrected chi connectivity index (χ1v) is 8.30. The smallest absolute Gasteiger partial charge is 0.158 e. The Morgan fingerprint density at radius 3 is 2.62 bits per heavy atom. The van der Waals surface area contributed by atoms with Crippen molar-refractivity contribution in [3.8, 4) is 11.5 Å². The van der Waals surface area contributed by atoms with Crippen molar-refractivity contribution >= 4 is 19.6 Å². The number of hydrogen-bond donors (Lipinski definition) is 0. The molecular formula is C19H21BO4. The lowest BCUT2D eigenvalue weighted by atomic mass is 9.91. The van der Waals surface area contributed by atoms with Crippen LogP contribution in [0.2, 0.25) is 0 Å². The monoisotopic (exact) mass is 324 g/mol. The number of rotatable bonds is 6. The predicted octanol–water partition coefficient (Wildman–Crippen LogP) is 2.59. The standard InChI is InChI=1S/C19H21BO4/c20-18-9-8-17(24-16-6-4-14(12-21)5-7-16)11-15(18)13-23-19-3-1-2-10-22-19/h4-9,11-12,19H,1-3,10,13,20H2. The maximum Gasteiger partial charge on any atom is 0.158 e. The second kappa shape index (κ2) is 8.13. The van der Waals surface area contributed by atoms with Crippen molar-refractivity contribution in [2.75, 3.05) is 6.61 Å². The molecule has 0 spiro atoms. The topological polar surface area (TPSA) is 44.8 Å². The summed E-state index contributed by atoms with van der Waals surface area (Å²) in [6.07, 6.45) is 3.95. The lowest BCUT2D eigenvalue weighted by Crippen LogP contribution is -2.23. The number of benzene rings is 2. The highest BCUT2D eigenvalue weighted by atomic mass is 16.7. The predicted molar refractivity (Wildman–Crippen MR) is 94.9 cm³/mol. The van der Waals surface area contributed by atoms with E-state index in [1.807, 2.05) is 18.2 Å². The van der Waals surface area contributed by atoms with Crippen molar-refractivity contribution in [3.63, 3.8) is 0 Å². The molecule has 0 aliphatic carbocycles. The highest BCUT2D eigenvalue weighted by molar-refractivity contribution is 6.33. The molecule has 124 valence electrons.